The van der Waals surface area contributed by atoms with Crippen LogP contribution in [0.2, 0.25) is 0 Å². The Bertz CT molecular complexity index is 410. The van der Waals surface area contributed by atoms with E-state index < -0.39 is 24.6 Å². The van der Waals surface area contributed by atoms with E-state index in [1.54, 1.807) is 7.11 Å². The smallest absolute Gasteiger partial charge is 0.187 e. The fraction of sp³-hybridized carbons (Fsp3) is 0.571. The van der Waals surface area contributed by atoms with E-state index >= 15 is 0 Å². The highest BCUT2D eigenvalue weighted by Crippen LogP contribution is 2.31. The Morgan fingerprint density at radius 3 is 2.79 bits per heavy atom. The average Bonchev–Trinajstić information content (AvgIpc) is 2.86. The first-order chi connectivity index (χ1) is 9.29. The van der Waals surface area contributed by atoms with Crippen molar-refractivity contribution in [3.63, 3.8) is 0 Å². The third kappa shape index (κ3) is 2.52. The molecule has 2 aliphatic rings. The molecular weight excluding hydrogens is 248 g/mol. The molecular formula is C14H18O5. The summed E-state index contributed by atoms with van der Waals surface area (Å²) in [4.78, 5) is 0. The van der Waals surface area contributed by atoms with Crippen LogP contribution in [0.5, 0.6) is 0 Å². The Hall–Kier alpha value is -0.980. The van der Waals surface area contributed by atoms with Crippen molar-refractivity contribution in [1.82, 2.24) is 0 Å². The Kier molecular flexibility index (Phi) is 3.81. The molecule has 2 saturated heterocycles. The SMILES string of the molecule is CO[C@H]1[C@@H](O)[C@@H](OCc2ccccc2)[C@H]2OC[C@@H]1O2. The van der Waals surface area contributed by atoms with Crippen molar-refractivity contribution in [2.45, 2.75) is 37.3 Å². The standard InChI is InChI=1S/C14H18O5/c1-16-12-10-8-18-14(19-10)13(11(12)15)17-7-9-5-3-2-4-6-9/h2-6,10-15H,7-8H2,1H3/t10-,11+,12+,13+,14-/m0/s1. The second-order valence-electron chi connectivity index (χ2n) is 4.83. The topological polar surface area (TPSA) is 57.2 Å². The molecule has 0 aliphatic carbocycles. The number of aliphatic hydroxyl groups excluding tert-OH is 1. The minimum absolute atomic E-state index is 0.207. The number of methoxy groups -OCH3 is 1. The molecule has 2 bridgehead atoms. The lowest BCUT2D eigenvalue weighted by molar-refractivity contribution is -0.250. The van der Waals surface area contributed by atoms with Crippen molar-refractivity contribution in [2.24, 2.45) is 0 Å². The van der Waals surface area contributed by atoms with Gasteiger partial charge in [-0.15, -0.1) is 0 Å². The molecule has 2 fully saturated rings. The van der Waals surface area contributed by atoms with Gasteiger partial charge < -0.3 is 24.1 Å². The van der Waals surface area contributed by atoms with Crippen LogP contribution in [0.1, 0.15) is 5.56 Å². The van der Waals surface area contributed by atoms with Crippen molar-refractivity contribution in [3.05, 3.63) is 35.9 Å². The Morgan fingerprint density at radius 1 is 1.26 bits per heavy atom. The molecule has 0 amide bonds. The van der Waals surface area contributed by atoms with Crippen LogP contribution in [0.4, 0.5) is 0 Å². The molecule has 5 nitrogen and oxygen atoms in total. The Balaban J connectivity index is 1.66. The number of fused-ring (bicyclic) bond motifs is 2. The van der Waals surface area contributed by atoms with E-state index in [9.17, 15) is 5.11 Å². The van der Waals surface area contributed by atoms with E-state index in [4.69, 9.17) is 18.9 Å². The number of rotatable bonds is 4. The predicted octanol–water partition coefficient (Wildman–Crippen LogP) is 0.703. The molecule has 0 unspecified atom stereocenters. The summed E-state index contributed by atoms with van der Waals surface area (Å²) in [7, 11) is 1.56. The summed E-state index contributed by atoms with van der Waals surface area (Å²) in [6.45, 7) is 0.846. The maximum atomic E-state index is 10.3. The third-order valence-corrected chi connectivity index (χ3v) is 3.60. The van der Waals surface area contributed by atoms with E-state index in [0.29, 0.717) is 13.2 Å². The molecule has 0 aromatic heterocycles. The minimum atomic E-state index is -0.736. The molecule has 5 heteroatoms. The van der Waals surface area contributed by atoms with Gasteiger partial charge in [0.15, 0.2) is 6.29 Å². The monoisotopic (exact) mass is 266 g/mol. The summed E-state index contributed by atoms with van der Waals surface area (Å²) in [5, 5.41) is 10.3. The molecule has 1 N–H and O–H groups in total. The summed E-state index contributed by atoms with van der Waals surface area (Å²) < 4.78 is 22.2. The summed E-state index contributed by atoms with van der Waals surface area (Å²) >= 11 is 0. The normalized spacial score (nSPS) is 37.5. The van der Waals surface area contributed by atoms with Crippen molar-refractivity contribution in [3.8, 4) is 0 Å². The highest BCUT2D eigenvalue weighted by atomic mass is 16.8. The highest BCUT2D eigenvalue weighted by molar-refractivity contribution is 5.13. The highest BCUT2D eigenvalue weighted by Gasteiger charge is 2.51. The van der Waals surface area contributed by atoms with Crippen LogP contribution in [0.3, 0.4) is 0 Å². The number of benzene rings is 1. The zero-order valence-electron chi connectivity index (χ0n) is 10.8. The van der Waals surface area contributed by atoms with E-state index in [1.165, 1.54) is 0 Å². The molecule has 2 heterocycles. The first-order valence-corrected chi connectivity index (χ1v) is 6.43. The lowest BCUT2D eigenvalue weighted by Crippen LogP contribution is -2.55. The van der Waals surface area contributed by atoms with Crippen LogP contribution in [-0.4, -0.2) is 49.5 Å². The number of aliphatic hydroxyl groups is 1. The first-order valence-electron chi connectivity index (χ1n) is 6.43. The van der Waals surface area contributed by atoms with Crippen LogP contribution < -0.4 is 0 Å². The van der Waals surface area contributed by atoms with Gasteiger partial charge in [0, 0.05) is 7.11 Å². The van der Waals surface area contributed by atoms with Crippen LogP contribution in [0, 0.1) is 0 Å². The summed E-state index contributed by atoms with van der Waals surface area (Å²) in [6.07, 6.45) is -2.37. The van der Waals surface area contributed by atoms with Crippen LogP contribution in [0.15, 0.2) is 30.3 Å². The van der Waals surface area contributed by atoms with Gasteiger partial charge in [-0.2, -0.15) is 0 Å². The molecule has 0 spiro atoms. The van der Waals surface area contributed by atoms with Crippen molar-refractivity contribution in [2.75, 3.05) is 13.7 Å². The molecule has 104 valence electrons. The lowest BCUT2D eigenvalue weighted by atomic mass is 10.0. The molecule has 0 saturated carbocycles. The minimum Gasteiger partial charge on any atom is -0.387 e. The quantitative estimate of drug-likeness (QED) is 0.869. The van der Waals surface area contributed by atoms with Gasteiger partial charge in [0.2, 0.25) is 0 Å². The largest absolute Gasteiger partial charge is 0.387 e. The summed E-state index contributed by atoms with van der Waals surface area (Å²) in [6, 6.07) is 9.80. The predicted molar refractivity (Wildman–Crippen MR) is 66.4 cm³/mol. The Labute approximate surface area is 112 Å². The number of ether oxygens (including phenoxy) is 4. The maximum Gasteiger partial charge on any atom is 0.187 e. The van der Waals surface area contributed by atoms with Gasteiger partial charge in [0.05, 0.1) is 13.2 Å². The van der Waals surface area contributed by atoms with Gasteiger partial charge in [-0.25, -0.2) is 0 Å². The van der Waals surface area contributed by atoms with Gasteiger partial charge in [-0.05, 0) is 5.56 Å². The summed E-state index contributed by atoms with van der Waals surface area (Å²) in [5.74, 6) is 0. The van der Waals surface area contributed by atoms with Crippen LogP contribution in [-0.2, 0) is 25.6 Å². The van der Waals surface area contributed by atoms with Crippen molar-refractivity contribution >= 4 is 0 Å². The average molecular weight is 266 g/mol. The fourth-order valence-corrected chi connectivity index (χ4v) is 2.59. The number of hydrogen-bond acceptors (Lipinski definition) is 5. The lowest BCUT2D eigenvalue weighted by Gasteiger charge is -2.37. The molecule has 5 atom stereocenters. The van der Waals surface area contributed by atoms with E-state index in [1.807, 2.05) is 30.3 Å². The number of hydrogen-bond donors (Lipinski definition) is 1. The van der Waals surface area contributed by atoms with Crippen molar-refractivity contribution < 1.29 is 24.1 Å². The van der Waals surface area contributed by atoms with Gasteiger partial charge in [0.1, 0.15) is 24.4 Å². The van der Waals surface area contributed by atoms with Gasteiger partial charge >= 0.3 is 0 Å². The maximum absolute atomic E-state index is 10.3. The Morgan fingerprint density at radius 2 is 2.05 bits per heavy atom. The second kappa shape index (κ2) is 5.56. The zero-order chi connectivity index (χ0) is 13.2. The molecule has 1 aromatic rings. The zero-order valence-corrected chi connectivity index (χ0v) is 10.8. The van der Waals surface area contributed by atoms with Gasteiger partial charge in [-0.1, -0.05) is 30.3 Å². The van der Waals surface area contributed by atoms with E-state index in [0.717, 1.165) is 5.56 Å². The van der Waals surface area contributed by atoms with Crippen LogP contribution >= 0.6 is 0 Å². The van der Waals surface area contributed by atoms with Crippen molar-refractivity contribution in [1.29, 1.82) is 0 Å². The molecule has 2 aliphatic heterocycles. The second-order valence-corrected chi connectivity index (χ2v) is 4.83. The first kappa shape index (κ1) is 13.0. The fourth-order valence-electron chi connectivity index (χ4n) is 2.59. The molecule has 0 radical (unpaired) electrons. The summed E-state index contributed by atoms with van der Waals surface area (Å²) in [5.41, 5.74) is 1.05. The van der Waals surface area contributed by atoms with Gasteiger partial charge in [-0.3, -0.25) is 0 Å². The van der Waals surface area contributed by atoms with Crippen LogP contribution in [0.25, 0.3) is 0 Å². The molecule has 1 aromatic carbocycles. The van der Waals surface area contributed by atoms with E-state index in [-0.39, 0.29) is 6.10 Å². The third-order valence-electron chi connectivity index (χ3n) is 3.60. The van der Waals surface area contributed by atoms with E-state index in [2.05, 4.69) is 0 Å². The molecule has 19 heavy (non-hydrogen) atoms. The molecule has 3 rings (SSSR count). The van der Waals surface area contributed by atoms with Gasteiger partial charge in [0.25, 0.3) is 0 Å².